The lowest BCUT2D eigenvalue weighted by Crippen LogP contribution is -2.31. The molecule has 2 aromatic rings. The summed E-state index contributed by atoms with van der Waals surface area (Å²) in [4.78, 5) is 10.1. The maximum Gasteiger partial charge on any atom is 0.434 e. The van der Waals surface area contributed by atoms with Crippen molar-refractivity contribution in [2.75, 3.05) is 13.6 Å². The van der Waals surface area contributed by atoms with E-state index < -0.39 is 11.9 Å². The Morgan fingerprint density at radius 2 is 2.08 bits per heavy atom. The van der Waals surface area contributed by atoms with Crippen molar-refractivity contribution >= 4 is 0 Å². The largest absolute Gasteiger partial charge is 0.506 e. The normalized spacial score (nSPS) is 17.8. The molecule has 5 nitrogen and oxygen atoms in total. The van der Waals surface area contributed by atoms with Crippen molar-refractivity contribution in [1.82, 2.24) is 19.4 Å². The third-order valence-electron chi connectivity index (χ3n) is 4.46. The molecule has 0 saturated carbocycles. The second-order valence-electron chi connectivity index (χ2n) is 6.71. The zero-order valence-corrected chi connectivity index (χ0v) is 14.2. The first kappa shape index (κ1) is 17.7. The minimum atomic E-state index is -4.40. The zero-order valence-electron chi connectivity index (χ0n) is 14.2. The molecule has 0 aliphatic carbocycles. The average molecular weight is 354 g/mol. The number of hydrogen-bond donors (Lipinski definition) is 1. The van der Waals surface area contributed by atoms with E-state index in [9.17, 15) is 18.3 Å². The Bertz CT molecular complexity index is 757. The van der Waals surface area contributed by atoms with Crippen LogP contribution in [0.2, 0.25) is 0 Å². The fourth-order valence-corrected chi connectivity index (χ4v) is 3.28. The molecular weight excluding hydrogens is 333 g/mol. The van der Waals surface area contributed by atoms with Crippen LogP contribution >= 0.6 is 0 Å². The number of hydrogen-bond acceptors (Lipinski definition) is 4. The summed E-state index contributed by atoms with van der Waals surface area (Å²) in [5.41, 5.74) is 0.632. The molecule has 1 unspecified atom stereocenters. The molecule has 1 N–H and O–H groups in total. The van der Waals surface area contributed by atoms with Gasteiger partial charge in [0.05, 0.1) is 5.69 Å². The van der Waals surface area contributed by atoms with Crippen LogP contribution in [0.15, 0.2) is 18.3 Å². The Kier molecular flexibility index (Phi) is 4.73. The van der Waals surface area contributed by atoms with E-state index in [1.165, 1.54) is 0 Å². The number of imidazole rings is 1. The minimum Gasteiger partial charge on any atom is -0.506 e. The van der Waals surface area contributed by atoms with Gasteiger partial charge in [-0.2, -0.15) is 13.2 Å². The van der Waals surface area contributed by atoms with Gasteiger partial charge >= 0.3 is 6.18 Å². The molecule has 8 heteroatoms. The van der Waals surface area contributed by atoms with Gasteiger partial charge in [-0.3, -0.25) is 4.98 Å². The summed E-state index contributed by atoms with van der Waals surface area (Å²) >= 11 is 0. The van der Waals surface area contributed by atoms with Crippen LogP contribution in [0.1, 0.15) is 29.3 Å². The van der Waals surface area contributed by atoms with Crippen LogP contribution in [0.5, 0.6) is 5.75 Å². The summed E-state index contributed by atoms with van der Waals surface area (Å²) in [6, 6.07) is 3.38. The van der Waals surface area contributed by atoms with Crippen molar-refractivity contribution in [3.05, 3.63) is 41.2 Å². The summed E-state index contributed by atoms with van der Waals surface area (Å²) in [5, 5.41) is 9.89. The molecule has 2 aromatic heterocycles. The first-order valence-electron chi connectivity index (χ1n) is 8.19. The molecule has 0 amide bonds. The van der Waals surface area contributed by atoms with Crippen molar-refractivity contribution in [1.29, 1.82) is 0 Å². The Hall–Kier alpha value is -2.09. The predicted molar refractivity (Wildman–Crippen MR) is 86.0 cm³/mol. The molecule has 0 bridgehead atoms. The fraction of sp³-hybridized carbons (Fsp3) is 0.529. The predicted octanol–water partition coefficient (Wildman–Crippen LogP) is 3.01. The number of halogens is 3. The molecule has 0 radical (unpaired) electrons. The molecule has 1 aliphatic rings. The van der Waals surface area contributed by atoms with E-state index in [1.54, 1.807) is 16.7 Å². The van der Waals surface area contributed by atoms with Crippen molar-refractivity contribution in [2.24, 2.45) is 5.92 Å². The molecule has 0 aromatic carbocycles. The summed E-state index contributed by atoms with van der Waals surface area (Å²) in [6.45, 7) is 3.60. The number of fused-ring (bicyclic) bond motifs is 1. The second kappa shape index (κ2) is 6.67. The van der Waals surface area contributed by atoms with Crippen molar-refractivity contribution in [3.8, 4) is 5.75 Å². The fourth-order valence-electron chi connectivity index (χ4n) is 3.28. The first-order chi connectivity index (χ1) is 11.7. The number of aromatic nitrogens is 3. The molecule has 0 fully saturated rings. The van der Waals surface area contributed by atoms with Crippen LogP contribution in [-0.4, -0.2) is 38.1 Å². The van der Waals surface area contributed by atoms with E-state index in [4.69, 9.17) is 0 Å². The Balaban J connectivity index is 1.62. The highest BCUT2D eigenvalue weighted by Crippen LogP contribution is 2.31. The highest BCUT2D eigenvalue weighted by atomic mass is 19.4. The van der Waals surface area contributed by atoms with Crippen LogP contribution in [0.25, 0.3) is 0 Å². The van der Waals surface area contributed by atoms with Gasteiger partial charge in [0, 0.05) is 37.9 Å². The highest BCUT2D eigenvalue weighted by Gasteiger charge is 2.35. The van der Waals surface area contributed by atoms with Gasteiger partial charge in [0.25, 0.3) is 0 Å². The molecule has 3 rings (SSSR count). The van der Waals surface area contributed by atoms with E-state index in [0.29, 0.717) is 37.6 Å². The van der Waals surface area contributed by atoms with Crippen LogP contribution in [0, 0.1) is 12.8 Å². The quantitative estimate of drug-likeness (QED) is 0.917. The summed E-state index contributed by atoms with van der Waals surface area (Å²) in [5.74, 6) is 0.900. The highest BCUT2D eigenvalue weighted by molar-refractivity contribution is 5.27. The third-order valence-corrected chi connectivity index (χ3v) is 4.46. The van der Waals surface area contributed by atoms with Gasteiger partial charge in [-0.15, -0.1) is 0 Å². The van der Waals surface area contributed by atoms with Gasteiger partial charge in [-0.05, 0) is 38.4 Å². The summed E-state index contributed by atoms with van der Waals surface area (Å²) in [6.07, 6.45) is -1.95. The van der Waals surface area contributed by atoms with Gasteiger partial charge in [0.15, 0.2) is 5.69 Å². The topological polar surface area (TPSA) is 54.2 Å². The Morgan fingerprint density at radius 3 is 2.80 bits per heavy atom. The van der Waals surface area contributed by atoms with Crippen molar-refractivity contribution in [2.45, 2.75) is 39.0 Å². The number of aromatic hydroxyl groups is 1. The van der Waals surface area contributed by atoms with Crippen LogP contribution in [-0.2, 0) is 25.7 Å². The number of aryl methyl sites for hydroxylation is 2. The second-order valence-corrected chi connectivity index (χ2v) is 6.71. The van der Waals surface area contributed by atoms with Crippen LogP contribution in [0.4, 0.5) is 13.2 Å². The molecule has 3 heterocycles. The maximum atomic E-state index is 12.8. The Morgan fingerprint density at radius 1 is 1.32 bits per heavy atom. The van der Waals surface area contributed by atoms with Gasteiger partial charge in [-0.25, -0.2) is 4.98 Å². The molecule has 1 atom stereocenters. The lowest BCUT2D eigenvalue weighted by molar-refractivity contribution is -0.141. The lowest BCUT2D eigenvalue weighted by atomic mass is 9.99. The molecule has 0 spiro atoms. The summed E-state index contributed by atoms with van der Waals surface area (Å²) in [7, 11) is 1.92. The molecule has 1 aliphatic heterocycles. The molecule has 25 heavy (non-hydrogen) atoms. The van der Waals surface area contributed by atoms with Gasteiger partial charge in [0.1, 0.15) is 11.6 Å². The standard InChI is InChI=1S/C17H21F3N4O/c1-11-3-5-14(25)13(21-11)9-23(2)7-12-4-6-16-22-15(17(18,19)20)10-24(16)8-12/h3,5,10,12,25H,4,6-9H2,1-2H3. The number of rotatable bonds is 4. The van der Waals surface area contributed by atoms with Crippen LogP contribution in [0.3, 0.4) is 0 Å². The SMILES string of the molecule is Cc1ccc(O)c(CN(C)CC2CCc3nc(C(F)(F)F)cn3C2)n1. The maximum absolute atomic E-state index is 12.8. The van der Waals surface area contributed by atoms with Gasteiger partial charge in [0.2, 0.25) is 0 Å². The number of nitrogens with zero attached hydrogens (tertiary/aromatic N) is 4. The third kappa shape index (κ3) is 4.12. The minimum absolute atomic E-state index is 0.160. The lowest BCUT2D eigenvalue weighted by Gasteiger charge is -2.28. The Labute approximate surface area is 144 Å². The number of pyridine rings is 1. The van der Waals surface area contributed by atoms with E-state index in [0.717, 1.165) is 18.3 Å². The van der Waals surface area contributed by atoms with Crippen LogP contribution < -0.4 is 0 Å². The van der Waals surface area contributed by atoms with Crippen molar-refractivity contribution in [3.63, 3.8) is 0 Å². The zero-order chi connectivity index (χ0) is 18.2. The first-order valence-corrected chi connectivity index (χ1v) is 8.19. The monoisotopic (exact) mass is 354 g/mol. The average Bonchev–Trinajstić information content (AvgIpc) is 2.94. The van der Waals surface area contributed by atoms with Crippen molar-refractivity contribution < 1.29 is 18.3 Å². The van der Waals surface area contributed by atoms with E-state index in [-0.39, 0.29) is 11.7 Å². The van der Waals surface area contributed by atoms with Gasteiger partial charge < -0.3 is 14.6 Å². The molecule has 0 saturated heterocycles. The van der Waals surface area contributed by atoms with E-state index in [1.807, 2.05) is 18.9 Å². The molecule has 136 valence electrons. The van der Waals surface area contributed by atoms with E-state index >= 15 is 0 Å². The van der Waals surface area contributed by atoms with Gasteiger partial charge in [-0.1, -0.05) is 0 Å². The smallest absolute Gasteiger partial charge is 0.434 e. The van der Waals surface area contributed by atoms with E-state index in [2.05, 4.69) is 9.97 Å². The number of alkyl halides is 3. The molecular formula is C17H21F3N4O. The summed E-state index contributed by atoms with van der Waals surface area (Å²) < 4.78 is 40.0.